The summed E-state index contributed by atoms with van der Waals surface area (Å²) in [7, 11) is 3.40. The van der Waals surface area contributed by atoms with Crippen molar-refractivity contribution in [3.63, 3.8) is 0 Å². The van der Waals surface area contributed by atoms with Gasteiger partial charge in [-0.3, -0.25) is 0 Å². The Labute approximate surface area is 205 Å². The van der Waals surface area contributed by atoms with Gasteiger partial charge in [-0.05, 0) is 49.3 Å². The lowest BCUT2D eigenvalue weighted by molar-refractivity contribution is -0.0214. The summed E-state index contributed by atoms with van der Waals surface area (Å²) >= 11 is 5.24. The van der Waals surface area contributed by atoms with E-state index in [4.69, 9.17) is 9.47 Å². The molecule has 0 radical (unpaired) electrons. The molecule has 2 atom stereocenters. The number of halogens is 2. The Hall–Kier alpha value is 0.240. The fraction of sp³-hybridized carbons (Fsp3) is 0.750. The maximum atomic E-state index is 11.6. The van der Waals surface area contributed by atoms with Gasteiger partial charge in [-0.1, -0.05) is 98.6 Å². The van der Waals surface area contributed by atoms with E-state index in [9.17, 15) is 5.11 Å². The van der Waals surface area contributed by atoms with Crippen LogP contribution in [0.25, 0.3) is 0 Å². The average molecular weight is 628 g/mol. The minimum Gasteiger partial charge on any atom is -0.496 e. The highest BCUT2D eigenvalue weighted by molar-refractivity contribution is 14.2. The second-order valence-corrected chi connectivity index (χ2v) is 15.0. The molecule has 2 unspecified atom stereocenters. The summed E-state index contributed by atoms with van der Waals surface area (Å²) in [5.41, 5.74) is 1.06. The van der Waals surface area contributed by atoms with E-state index in [1.165, 1.54) is 31.2 Å². The third-order valence-electron chi connectivity index (χ3n) is 6.68. The van der Waals surface area contributed by atoms with Gasteiger partial charge in [0.25, 0.3) is 0 Å². The summed E-state index contributed by atoms with van der Waals surface area (Å²) in [6.07, 6.45) is 8.59. The van der Waals surface area contributed by atoms with Crippen LogP contribution in [0.1, 0.15) is 90.2 Å². The van der Waals surface area contributed by atoms with Crippen LogP contribution in [-0.2, 0) is 11.0 Å². The van der Waals surface area contributed by atoms with Crippen molar-refractivity contribution < 1.29 is 14.6 Å². The Morgan fingerprint density at radius 2 is 1.72 bits per heavy atom. The summed E-state index contributed by atoms with van der Waals surface area (Å²) < 4.78 is 11.8. The van der Waals surface area contributed by atoms with E-state index in [2.05, 4.69) is 85.0 Å². The number of ether oxygens (including phenoxy) is 2. The Kier molecular flexibility index (Phi) is 9.00. The van der Waals surface area contributed by atoms with Gasteiger partial charge in [0, 0.05) is 5.41 Å². The van der Waals surface area contributed by atoms with Crippen molar-refractivity contribution in [1.82, 2.24) is 0 Å². The molecule has 1 N–H and O–H groups in total. The number of benzene rings is 1. The van der Waals surface area contributed by atoms with Crippen LogP contribution < -0.4 is 9.47 Å². The fourth-order valence-electron chi connectivity index (χ4n) is 4.60. The minimum atomic E-state index is -0.885. The van der Waals surface area contributed by atoms with E-state index < -0.39 is 5.60 Å². The summed E-state index contributed by atoms with van der Waals surface area (Å²) in [6.45, 7) is 9.09. The Morgan fingerprint density at radius 3 is 2.21 bits per heavy atom. The first-order valence-corrected chi connectivity index (χ1v) is 13.1. The standard InChI is InChI=1S/C24H38I2O3/c1-7-8-9-13-24(25,26)22(3,4)18-14-19(28-5)21(20(15-18)29-6)23(27)12-10-11-17(2)16-23/h14-15,17,27H,7-13,16H2,1-6H3. The molecule has 1 aromatic carbocycles. The molecule has 3 nitrogen and oxygen atoms in total. The highest BCUT2D eigenvalue weighted by atomic mass is 127. The maximum absolute atomic E-state index is 11.6. The molecule has 2 rings (SSSR count). The van der Waals surface area contributed by atoms with Gasteiger partial charge in [-0.25, -0.2) is 0 Å². The number of alkyl halides is 2. The van der Waals surface area contributed by atoms with Gasteiger partial charge in [0.15, 0.2) is 0 Å². The predicted octanol–water partition coefficient (Wildman–Crippen LogP) is 7.53. The van der Waals surface area contributed by atoms with Gasteiger partial charge >= 0.3 is 0 Å². The lowest BCUT2D eigenvalue weighted by Crippen LogP contribution is -2.38. The lowest BCUT2D eigenvalue weighted by Gasteiger charge is -2.41. The predicted molar refractivity (Wildman–Crippen MR) is 139 cm³/mol. The number of methoxy groups -OCH3 is 2. The number of hydrogen-bond acceptors (Lipinski definition) is 3. The van der Waals surface area contributed by atoms with Crippen LogP contribution in [0.2, 0.25) is 0 Å². The Bertz CT molecular complexity index is 662. The third kappa shape index (κ3) is 5.54. The molecule has 1 saturated carbocycles. The molecule has 1 aliphatic carbocycles. The number of aliphatic hydroxyl groups is 1. The van der Waals surface area contributed by atoms with E-state index in [0.29, 0.717) is 5.92 Å². The molecule has 0 spiro atoms. The van der Waals surface area contributed by atoms with Crippen molar-refractivity contribution in [2.45, 2.75) is 91.5 Å². The van der Waals surface area contributed by atoms with Crippen LogP contribution in [0.3, 0.4) is 0 Å². The van der Waals surface area contributed by atoms with Gasteiger partial charge in [-0.2, -0.15) is 0 Å². The topological polar surface area (TPSA) is 38.7 Å². The zero-order chi connectivity index (χ0) is 21.9. The van der Waals surface area contributed by atoms with Gasteiger partial charge in [0.1, 0.15) is 11.5 Å². The zero-order valence-corrected chi connectivity index (χ0v) is 23.2. The van der Waals surface area contributed by atoms with Gasteiger partial charge < -0.3 is 14.6 Å². The van der Waals surface area contributed by atoms with Crippen molar-refractivity contribution in [1.29, 1.82) is 0 Å². The van der Waals surface area contributed by atoms with Gasteiger partial charge in [0.05, 0.1) is 26.8 Å². The van der Waals surface area contributed by atoms with Crippen LogP contribution in [0, 0.1) is 5.92 Å². The molecule has 0 bridgehead atoms. The van der Waals surface area contributed by atoms with E-state index in [1.807, 2.05) is 0 Å². The summed E-state index contributed by atoms with van der Waals surface area (Å²) in [4.78, 5) is 0. The Balaban J connectivity index is 2.51. The van der Waals surface area contributed by atoms with Crippen molar-refractivity contribution in [3.05, 3.63) is 23.3 Å². The molecule has 0 aromatic heterocycles. The van der Waals surface area contributed by atoms with Crippen LogP contribution in [0.5, 0.6) is 11.5 Å². The molecule has 166 valence electrons. The molecule has 0 saturated heterocycles. The normalized spacial score (nSPS) is 23.1. The SMILES string of the molecule is CCCCCC(I)(I)C(C)(C)c1cc(OC)c(C2(O)CCCC(C)C2)c(OC)c1. The fourth-order valence-corrected chi connectivity index (χ4v) is 5.99. The monoisotopic (exact) mass is 628 g/mol. The molecule has 29 heavy (non-hydrogen) atoms. The first-order chi connectivity index (χ1) is 13.5. The molecular formula is C24H38I2O3. The van der Waals surface area contributed by atoms with Crippen LogP contribution >= 0.6 is 45.2 Å². The maximum Gasteiger partial charge on any atom is 0.128 e. The van der Waals surface area contributed by atoms with Crippen LogP contribution in [0.15, 0.2) is 12.1 Å². The van der Waals surface area contributed by atoms with Crippen molar-refractivity contribution in [3.8, 4) is 11.5 Å². The number of hydrogen-bond donors (Lipinski definition) is 1. The van der Waals surface area contributed by atoms with E-state index >= 15 is 0 Å². The lowest BCUT2D eigenvalue weighted by atomic mass is 9.73. The molecule has 1 aromatic rings. The summed E-state index contributed by atoms with van der Waals surface area (Å²) in [5, 5.41) is 11.6. The van der Waals surface area contributed by atoms with Crippen molar-refractivity contribution >= 4 is 45.2 Å². The highest BCUT2D eigenvalue weighted by Crippen LogP contribution is 2.54. The van der Waals surface area contributed by atoms with E-state index in [-0.39, 0.29) is 6.84 Å². The second kappa shape index (κ2) is 10.2. The van der Waals surface area contributed by atoms with Crippen molar-refractivity contribution in [2.75, 3.05) is 14.2 Å². The van der Waals surface area contributed by atoms with Gasteiger partial charge in [-0.15, -0.1) is 0 Å². The molecule has 1 fully saturated rings. The molecule has 1 aliphatic rings. The smallest absolute Gasteiger partial charge is 0.128 e. The largest absolute Gasteiger partial charge is 0.496 e. The van der Waals surface area contributed by atoms with Crippen molar-refractivity contribution in [2.24, 2.45) is 5.92 Å². The summed E-state index contributed by atoms with van der Waals surface area (Å²) in [5.74, 6) is 2.00. The summed E-state index contributed by atoms with van der Waals surface area (Å²) in [6, 6.07) is 4.28. The van der Waals surface area contributed by atoms with Crippen LogP contribution in [0.4, 0.5) is 0 Å². The van der Waals surface area contributed by atoms with Gasteiger partial charge in [0.2, 0.25) is 0 Å². The molecule has 0 aliphatic heterocycles. The third-order valence-corrected chi connectivity index (χ3v) is 10.5. The minimum absolute atomic E-state index is 0.0749. The zero-order valence-electron chi connectivity index (χ0n) is 18.9. The number of unbranched alkanes of at least 4 members (excludes halogenated alkanes) is 2. The second-order valence-electron chi connectivity index (χ2n) is 9.28. The molecule has 5 heteroatoms. The first-order valence-electron chi connectivity index (χ1n) is 10.9. The van der Waals surface area contributed by atoms with E-state index in [0.717, 1.165) is 42.7 Å². The molecule has 0 amide bonds. The Morgan fingerprint density at radius 1 is 1.14 bits per heavy atom. The number of rotatable bonds is 9. The first kappa shape index (κ1) is 25.5. The van der Waals surface area contributed by atoms with E-state index in [1.54, 1.807) is 14.2 Å². The van der Waals surface area contributed by atoms with Crippen LogP contribution in [-0.4, -0.2) is 20.8 Å². The molecule has 0 heterocycles. The highest BCUT2D eigenvalue weighted by Gasteiger charge is 2.44. The average Bonchev–Trinajstić information content (AvgIpc) is 2.66. The quantitative estimate of drug-likeness (QED) is 0.175. The molecular weight excluding hydrogens is 590 g/mol.